The van der Waals surface area contributed by atoms with Crippen molar-refractivity contribution in [3.8, 4) is 23.3 Å². The average molecular weight is 290 g/mol. The summed E-state index contributed by atoms with van der Waals surface area (Å²) in [4.78, 5) is 13.7. The molecular weight excluding hydrogens is 285 g/mol. The first-order valence-electron chi connectivity index (χ1n) is 5.41. The number of nitriles is 2. The van der Waals surface area contributed by atoms with Crippen LogP contribution in [0.2, 0.25) is 0 Å². The highest BCUT2D eigenvalue weighted by Gasteiger charge is 2.23. The summed E-state index contributed by atoms with van der Waals surface area (Å²) in [5.74, 6) is -4.57. The van der Waals surface area contributed by atoms with Gasteiger partial charge in [0, 0.05) is 17.2 Å². The van der Waals surface area contributed by atoms with E-state index < -0.39 is 51.1 Å². The number of hydrogen-bond acceptors (Lipinski definition) is 4. The largest absolute Gasteiger partial charge is 0.384 e. The molecule has 0 amide bonds. The number of hydrogen-bond donors (Lipinski definition) is 2. The van der Waals surface area contributed by atoms with Crippen molar-refractivity contribution in [1.29, 1.82) is 10.5 Å². The zero-order chi connectivity index (χ0) is 15.7. The fourth-order valence-electron chi connectivity index (χ4n) is 1.85. The van der Waals surface area contributed by atoms with Crippen LogP contribution in [0.5, 0.6) is 0 Å². The van der Waals surface area contributed by atoms with Crippen LogP contribution in [0.4, 0.5) is 19.0 Å². The summed E-state index contributed by atoms with van der Waals surface area (Å²) in [6.07, 6.45) is 0. The second-order valence-electron chi connectivity index (χ2n) is 3.97. The minimum Gasteiger partial charge on any atom is -0.384 e. The molecule has 2 aromatic rings. The Labute approximate surface area is 115 Å². The number of benzene rings is 1. The van der Waals surface area contributed by atoms with Crippen LogP contribution in [0.3, 0.4) is 0 Å². The highest BCUT2D eigenvalue weighted by atomic mass is 19.2. The Kier molecular flexibility index (Phi) is 3.38. The topological polar surface area (TPSA) is 106 Å². The third kappa shape index (κ3) is 2.19. The van der Waals surface area contributed by atoms with Crippen LogP contribution in [-0.2, 0) is 0 Å². The van der Waals surface area contributed by atoms with Gasteiger partial charge < -0.3 is 10.7 Å². The standard InChI is InChI=1S/C13H5F3N4O/c14-5-1-6(11(16)9(15)2-5)10-7(3-17)12(19)20-13(21)8(10)4-18/h1-2H,(H3,19,20,21). The average Bonchev–Trinajstić information content (AvgIpc) is 2.42. The van der Waals surface area contributed by atoms with Crippen LogP contribution in [0.1, 0.15) is 11.1 Å². The molecule has 0 aliphatic heterocycles. The van der Waals surface area contributed by atoms with E-state index in [0.29, 0.717) is 12.1 Å². The number of aromatic nitrogens is 1. The van der Waals surface area contributed by atoms with Gasteiger partial charge >= 0.3 is 0 Å². The van der Waals surface area contributed by atoms with Gasteiger partial charge in [-0.2, -0.15) is 10.5 Å². The second kappa shape index (κ2) is 5.02. The minimum absolute atomic E-state index is 0.299. The first-order chi connectivity index (χ1) is 9.90. The monoisotopic (exact) mass is 290 g/mol. The second-order valence-corrected chi connectivity index (χ2v) is 3.97. The van der Waals surface area contributed by atoms with Gasteiger partial charge in [0.25, 0.3) is 5.56 Å². The van der Waals surface area contributed by atoms with Crippen molar-refractivity contribution in [3.05, 3.63) is 51.1 Å². The molecule has 0 spiro atoms. The zero-order valence-corrected chi connectivity index (χ0v) is 10.2. The van der Waals surface area contributed by atoms with Crippen LogP contribution in [0.25, 0.3) is 11.1 Å². The molecule has 0 aliphatic carbocycles. The first kappa shape index (κ1) is 14.2. The number of nitrogen functional groups attached to an aromatic ring is 1. The van der Waals surface area contributed by atoms with Crippen molar-refractivity contribution in [2.24, 2.45) is 0 Å². The lowest BCUT2D eigenvalue weighted by Crippen LogP contribution is -2.17. The molecule has 0 saturated carbocycles. The van der Waals surface area contributed by atoms with Gasteiger partial charge in [-0.25, -0.2) is 13.2 Å². The highest BCUT2D eigenvalue weighted by Crippen LogP contribution is 2.31. The van der Waals surface area contributed by atoms with E-state index in [1.807, 2.05) is 4.98 Å². The van der Waals surface area contributed by atoms with Gasteiger partial charge in [-0.3, -0.25) is 4.79 Å². The molecule has 0 fully saturated rings. The SMILES string of the molecule is N#Cc1c(N)[nH]c(=O)c(C#N)c1-c1cc(F)cc(F)c1F. The summed E-state index contributed by atoms with van der Waals surface area (Å²) in [7, 11) is 0. The third-order valence-electron chi connectivity index (χ3n) is 2.73. The lowest BCUT2D eigenvalue weighted by atomic mass is 9.96. The number of halogens is 3. The molecule has 104 valence electrons. The van der Waals surface area contributed by atoms with Gasteiger partial charge in [0.2, 0.25) is 0 Å². The molecule has 0 radical (unpaired) electrons. The number of nitrogens with one attached hydrogen (secondary N) is 1. The lowest BCUT2D eigenvalue weighted by Gasteiger charge is -2.10. The molecule has 1 heterocycles. The molecule has 0 aliphatic rings. The maximum atomic E-state index is 13.8. The van der Waals surface area contributed by atoms with E-state index in [0.717, 1.165) is 0 Å². The maximum Gasteiger partial charge on any atom is 0.268 e. The lowest BCUT2D eigenvalue weighted by molar-refractivity contribution is 0.497. The summed E-state index contributed by atoms with van der Waals surface area (Å²) in [5.41, 5.74) is 2.05. The Hall–Kier alpha value is -3.26. The predicted octanol–water partition coefficient (Wildman–Crippen LogP) is 1.78. The molecular formula is C13H5F3N4O. The Balaban J connectivity index is 3.04. The van der Waals surface area contributed by atoms with Crippen LogP contribution in [0, 0.1) is 40.1 Å². The number of anilines is 1. The summed E-state index contributed by atoms with van der Waals surface area (Å²) >= 11 is 0. The Morgan fingerprint density at radius 2 is 1.71 bits per heavy atom. The number of pyridine rings is 1. The van der Waals surface area contributed by atoms with E-state index in [4.69, 9.17) is 16.3 Å². The van der Waals surface area contributed by atoms with Crippen LogP contribution < -0.4 is 11.3 Å². The van der Waals surface area contributed by atoms with Gasteiger partial charge in [-0.05, 0) is 6.07 Å². The fourth-order valence-corrected chi connectivity index (χ4v) is 1.85. The van der Waals surface area contributed by atoms with Crippen molar-refractivity contribution in [3.63, 3.8) is 0 Å². The molecule has 0 bridgehead atoms. The number of rotatable bonds is 1. The molecule has 0 saturated heterocycles. The van der Waals surface area contributed by atoms with Crippen molar-refractivity contribution < 1.29 is 13.2 Å². The minimum atomic E-state index is -1.52. The van der Waals surface area contributed by atoms with Crippen molar-refractivity contribution in [2.75, 3.05) is 5.73 Å². The van der Waals surface area contributed by atoms with E-state index in [1.54, 1.807) is 6.07 Å². The smallest absolute Gasteiger partial charge is 0.268 e. The maximum absolute atomic E-state index is 13.8. The van der Waals surface area contributed by atoms with Gasteiger partial charge in [0.15, 0.2) is 11.6 Å². The normalized spacial score (nSPS) is 9.95. The molecule has 21 heavy (non-hydrogen) atoms. The number of aromatic amines is 1. The summed E-state index contributed by atoms with van der Waals surface area (Å²) < 4.78 is 40.4. The number of nitrogens with two attached hydrogens (primary N) is 1. The van der Waals surface area contributed by atoms with Crippen molar-refractivity contribution >= 4 is 5.82 Å². The molecule has 1 aromatic carbocycles. The van der Waals surface area contributed by atoms with E-state index in [2.05, 4.69) is 0 Å². The van der Waals surface area contributed by atoms with E-state index in [1.165, 1.54) is 6.07 Å². The zero-order valence-electron chi connectivity index (χ0n) is 10.2. The summed E-state index contributed by atoms with van der Waals surface area (Å²) in [6.45, 7) is 0. The quantitative estimate of drug-likeness (QED) is 0.780. The molecule has 2 rings (SSSR count). The Bertz CT molecular complexity index is 890. The predicted molar refractivity (Wildman–Crippen MR) is 66.2 cm³/mol. The first-order valence-corrected chi connectivity index (χ1v) is 5.41. The van der Waals surface area contributed by atoms with Crippen LogP contribution in [0.15, 0.2) is 16.9 Å². The molecule has 3 N–H and O–H groups in total. The van der Waals surface area contributed by atoms with Gasteiger partial charge in [-0.1, -0.05) is 0 Å². The molecule has 5 nitrogen and oxygen atoms in total. The molecule has 0 unspecified atom stereocenters. The molecule has 1 aromatic heterocycles. The Morgan fingerprint density at radius 3 is 2.29 bits per heavy atom. The third-order valence-corrected chi connectivity index (χ3v) is 2.73. The van der Waals surface area contributed by atoms with E-state index >= 15 is 0 Å². The van der Waals surface area contributed by atoms with E-state index in [9.17, 15) is 18.0 Å². The van der Waals surface area contributed by atoms with Gasteiger partial charge in [0.1, 0.15) is 34.9 Å². The summed E-state index contributed by atoms with van der Waals surface area (Å²) in [6, 6.07) is 3.92. The van der Waals surface area contributed by atoms with Crippen LogP contribution in [-0.4, -0.2) is 4.98 Å². The fraction of sp³-hybridized carbons (Fsp3) is 0. The Morgan fingerprint density at radius 1 is 1.10 bits per heavy atom. The van der Waals surface area contributed by atoms with E-state index in [-0.39, 0.29) is 0 Å². The molecule has 8 heteroatoms. The highest BCUT2D eigenvalue weighted by molar-refractivity contribution is 5.80. The van der Waals surface area contributed by atoms with Gasteiger partial charge in [0.05, 0.1) is 0 Å². The number of H-pyrrole nitrogens is 1. The number of nitrogens with zero attached hydrogens (tertiary/aromatic N) is 2. The summed E-state index contributed by atoms with van der Waals surface area (Å²) in [5, 5.41) is 18.0. The van der Waals surface area contributed by atoms with Crippen molar-refractivity contribution in [2.45, 2.75) is 0 Å². The van der Waals surface area contributed by atoms with Gasteiger partial charge in [-0.15, -0.1) is 0 Å². The van der Waals surface area contributed by atoms with Crippen molar-refractivity contribution in [1.82, 2.24) is 4.98 Å². The van der Waals surface area contributed by atoms with Crippen LogP contribution >= 0.6 is 0 Å². The molecule has 0 atom stereocenters.